The van der Waals surface area contributed by atoms with E-state index in [1.165, 1.54) is 77.0 Å². The number of rotatable bonds is 1. The Hall–Kier alpha value is -0.240. The van der Waals surface area contributed by atoms with Crippen molar-refractivity contribution < 1.29 is 30.6 Å². The lowest BCUT2D eigenvalue weighted by molar-refractivity contribution is -0.0340. The van der Waals surface area contributed by atoms with Gasteiger partial charge in [0.05, 0.1) is 36.6 Å². The highest BCUT2D eigenvalue weighted by molar-refractivity contribution is 5.12. The zero-order valence-electron chi connectivity index (χ0n) is 46.0. The predicted molar refractivity (Wildman–Crippen MR) is 271 cm³/mol. The van der Waals surface area contributed by atoms with E-state index >= 15 is 0 Å². The van der Waals surface area contributed by atoms with Gasteiger partial charge < -0.3 is 30.6 Å². The molecule has 0 aromatic carbocycles. The van der Waals surface area contributed by atoms with Crippen molar-refractivity contribution in [2.45, 2.75) is 277 Å². The molecule has 10 saturated carbocycles. The summed E-state index contributed by atoms with van der Waals surface area (Å²) in [6.07, 6.45) is 21.2. The summed E-state index contributed by atoms with van der Waals surface area (Å²) in [5.41, 5.74) is 2.62. The molecule has 0 aromatic rings. The smallest absolute Gasteiger partial charge is 0.0647 e. The summed E-state index contributed by atoms with van der Waals surface area (Å²) in [6, 6.07) is 0. The van der Waals surface area contributed by atoms with Crippen LogP contribution in [0.4, 0.5) is 0 Å². The number of aliphatic hydroxyl groups excluding tert-OH is 6. The maximum Gasteiger partial charge on any atom is 0.0647 e. The molecule has 65 heavy (non-hydrogen) atoms. The van der Waals surface area contributed by atoms with Crippen molar-refractivity contribution in [3.63, 3.8) is 0 Å². The monoisotopic (exact) mass is 915 g/mol. The second-order valence-electron chi connectivity index (χ2n) is 29.7. The molecule has 0 aromatic heterocycles. The van der Waals surface area contributed by atoms with E-state index in [0.29, 0.717) is 39.4 Å². The fourth-order valence-electron chi connectivity index (χ4n) is 17.2. The molecule has 382 valence electrons. The van der Waals surface area contributed by atoms with Crippen LogP contribution in [0.3, 0.4) is 0 Å². The molecule has 0 aliphatic heterocycles. The molecule has 0 spiro atoms. The molecule has 0 radical (unpaired) electrons. The van der Waals surface area contributed by atoms with Crippen LogP contribution >= 0.6 is 0 Å². The first-order chi connectivity index (χ1) is 29.5. The topological polar surface area (TPSA) is 121 Å². The third-order valence-electron chi connectivity index (χ3n) is 23.8. The molecule has 0 saturated heterocycles. The summed E-state index contributed by atoms with van der Waals surface area (Å²) in [6.45, 7) is 40.7. The van der Waals surface area contributed by atoms with Gasteiger partial charge in [-0.1, -0.05) is 131 Å². The van der Waals surface area contributed by atoms with Gasteiger partial charge in [0.1, 0.15) is 0 Å². The van der Waals surface area contributed by atoms with Crippen molar-refractivity contribution in [1.82, 2.24) is 0 Å². The Morgan fingerprint density at radius 1 is 0.415 bits per heavy atom. The van der Waals surface area contributed by atoms with Gasteiger partial charge in [0.15, 0.2) is 0 Å². The van der Waals surface area contributed by atoms with E-state index in [-0.39, 0.29) is 63.7 Å². The normalized spacial score (nSPS) is 49.0. The van der Waals surface area contributed by atoms with Gasteiger partial charge in [0.25, 0.3) is 0 Å². The Morgan fingerprint density at radius 3 is 1.03 bits per heavy atom. The van der Waals surface area contributed by atoms with Gasteiger partial charge in [0, 0.05) is 0 Å². The van der Waals surface area contributed by atoms with Crippen molar-refractivity contribution in [3.8, 4) is 0 Å². The zero-order valence-corrected chi connectivity index (χ0v) is 46.0. The van der Waals surface area contributed by atoms with E-state index < -0.39 is 0 Å². The first-order valence-corrected chi connectivity index (χ1v) is 27.6. The minimum atomic E-state index is -0.0613. The van der Waals surface area contributed by atoms with Crippen molar-refractivity contribution in [2.24, 2.45) is 96.1 Å². The van der Waals surface area contributed by atoms with Crippen LogP contribution in [0.25, 0.3) is 0 Å². The number of fused-ring (bicyclic) bond motifs is 8. The average molecular weight is 916 g/mol. The maximum absolute atomic E-state index is 10.0. The van der Waals surface area contributed by atoms with Crippen LogP contribution in [0.5, 0.6) is 0 Å². The fraction of sp³-hybridized carbons (Fsp3) is 1.00. The second kappa shape index (κ2) is 19.4. The molecule has 10 fully saturated rings. The largest absolute Gasteiger partial charge is 0.393 e. The van der Waals surface area contributed by atoms with Crippen LogP contribution in [-0.2, 0) is 0 Å². The molecular weight excluding hydrogens is 805 g/mol. The van der Waals surface area contributed by atoms with E-state index in [9.17, 15) is 30.6 Å². The Labute approximate surface area is 402 Å². The van der Waals surface area contributed by atoms with Crippen LogP contribution < -0.4 is 0 Å². The lowest BCUT2D eigenvalue weighted by Crippen LogP contribution is -2.39. The van der Waals surface area contributed by atoms with Crippen LogP contribution in [-0.4, -0.2) is 67.3 Å². The standard InChI is InChI=1S/4C10H18O.C10H20O.C9H18O/c1-9(2)7-4-5-10(3,6-7)8(9)11;3*1-9(2)7-4-5-10(9,3)8(11)6-7;1-7(2)9-5-4-8(3)6-10(9)11;1-7-4-8(10)6-9(2,3)5-7/h4*7-8,11H,4-6H2,1-3H3;7-11H,4-6H2,1-3H3;7-8,10H,4-6H2,1-3H3/t;7?,8-,10+;7?,8-,10-;;;/m.01.../s1. The zero-order chi connectivity index (χ0) is 49.3. The molecule has 10 rings (SSSR count). The van der Waals surface area contributed by atoms with Crippen LogP contribution in [0.2, 0.25) is 0 Å². The summed E-state index contributed by atoms with van der Waals surface area (Å²) in [5, 5.41) is 58.6. The molecule has 0 amide bonds. The molecule has 13 unspecified atom stereocenters. The Morgan fingerprint density at radius 2 is 0.815 bits per heavy atom. The van der Waals surface area contributed by atoms with Crippen molar-refractivity contribution in [1.29, 1.82) is 0 Å². The summed E-state index contributed by atoms with van der Waals surface area (Å²) in [5.74, 6) is 5.78. The molecule has 6 heteroatoms. The highest BCUT2D eigenvalue weighted by atomic mass is 16.3. The SMILES string of the molecule is CC1(C)C2CCC1(C)C(O)C2.CC1(C)C2CC[C@]1(C)[C@@H](O)C2.CC1(C)C2CC[C@]1(C)[C@H](O)C2.CC12CCC(C1)C(C)(C)C2O.CC1CC(O)CC(C)(C)C1.CC1CCC(C(C)C)C(O)C1. The molecule has 10 aliphatic carbocycles. The van der Waals surface area contributed by atoms with Gasteiger partial charge in [-0.3, -0.25) is 0 Å². The summed E-state index contributed by atoms with van der Waals surface area (Å²) >= 11 is 0. The Kier molecular flexibility index (Phi) is 16.6. The minimum Gasteiger partial charge on any atom is -0.393 e. The van der Waals surface area contributed by atoms with E-state index in [4.69, 9.17) is 0 Å². The fourth-order valence-corrected chi connectivity index (χ4v) is 17.2. The third kappa shape index (κ3) is 10.4. The summed E-state index contributed by atoms with van der Waals surface area (Å²) in [7, 11) is 0. The highest BCUT2D eigenvalue weighted by Crippen LogP contribution is 2.67. The quantitative estimate of drug-likeness (QED) is 0.156. The average Bonchev–Trinajstić information content (AvgIpc) is 3.96. The summed E-state index contributed by atoms with van der Waals surface area (Å²) in [4.78, 5) is 0. The summed E-state index contributed by atoms with van der Waals surface area (Å²) < 4.78 is 0. The molecule has 6 N–H and O–H groups in total. The van der Waals surface area contributed by atoms with Gasteiger partial charge in [0.2, 0.25) is 0 Å². The number of aliphatic hydroxyl groups is 6. The maximum atomic E-state index is 10.0. The number of hydrogen-bond acceptors (Lipinski definition) is 6. The van der Waals surface area contributed by atoms with Crippen LogP contribution in [0.1, 0.15) is 240 Å². The first kappa shape index (κ1) is 55.7. The minimum absolute atomic E-state index is 0.0289. The first-order valence-electron chi connectivity index (χ1n) is 27.6. The third-order valence-corrected chi connectivity index (χ3v) is 23.8. The Balaban J connectivity index is 0.000000147. The molecule has 8 bridgehead atoms. The molecule has 17 atom stereocenters. The molecule has 6 nitrogen and oxygen atoms in total. The molecule has 0 heterocycles. The van der Waals surface area contributed by atoms with E-state index in [0.717, 1.165) is 68.1 Å². The van der Waals surface area contributed by atoms with Crippen molar-refractivity contribution >= 4 is 0 Å². The van der Waals surface area contributed by atoms with Crippen LogP contribution in [0, 0.1) is 96.1 Å². The molecular formula is C59H110O6. The lowest BCUT2D eigenvalue weighted by Gasteiger charge is -2.38. The van der Waals surface area contributed by atoms with Crippen molar-refractivity contribution in [2.75, 3.05) is 0 Å². The van der Waals surface area contributed by atoms with E-state index in [1.54, 1.807) is 0 Å². The highest BCUT2D eigenvalue weighted by Gasteiger charge is 2.63. The van der Waals surface area contributed by atoms with Gasteiger partial charge in [-0.05, 0) is 205 Å². The van der Waals surface area contributed by atoms with E-state index in [1.807, 2.05) is 0 Å². The lowest BCUT2D eigenvalue weighted by atomic mass is 9.70. The van der Waals surface area contributed by atoms with Gasteiger partial charge >= 0.3 is 0 Å². The van der Waals surface area contributed by atoms with Gasteiger partial charge in [-0.2, -0.15) is 0 Å². The van der Waals surface area contributed by atoms with Gasteiger partial charge in [-0.25, -0.2) is 0 Å². The van der Waals surface area contributed by atoms with Gasteiger partial charge in [-0.15, -0.1) is 0 Å². The Bertz CT molecular complexity index is 1450. The van der Waals surface area contributed by atoms with Crippen molar-refractivity contribution in [3.05, 3.63) is 0 Å². The predicted octanol–water partition coefficient (Wildman–Crippen LogP) is 13.4. The number of hydrogen-bond donors (Lipinski definition) is 6. The second-order valence-corrected chi connectivity index (χ2v) is 29.7. The van der Waals surface area contributed by atoms with E-state index in [2.05, 4.69) is 125 Å². The van der Waals surface area contributed by atoms with Crippen LogP contribution in [0.15, 0.2) is 0 Å². The molecule has 10 aliphatic rings.